The minimum absolute atomic E-state index is 0.153. The second-order valence-electron chi connectivity index (χ2n) is 6.21. The molecule has 0 atom stereocenters. The molecule has 1 N–H and O–H groups in total. The van der Waals surface area contributed by atoms with Crippen LogP contribution in [0.3, 0.4) is 0 Å². The predicted octanol–water partition coefficient (Wildman–Crippen LogP) is 3.41. The zero-order valence-corrected chi connectivity index (χ0v) is 14.8. The SMILES string of the molecule is Cc1ccc(-n2ncc(C#N)c2NC(=O)c2cc3ccccc3oc2=O)cc1. The van der Waals surface area contributed by atoms with Crippen molar-refractivity contribution in [2.75, 3.05) is 5.32 Å². The number of aromatic nitrogens is 2. The van der Waals surface area contributed by atoms with Gasteiger partial charge in [-0.15, -0.1) is 0 Å². The molecule has 0 saturated carbocycles. The number of hydrogen-bond donors (Lipinski definition) is 1. The lowest BCUT2D eigenvalue weighted by molar-refractivity contribution is 0.102. The summed E-state index contributed by atoms with van der Waals surface area (Å²) in [6.07, 6.45) is 1.36. The van der Waals surface area contributed by atoms with Crippen LogP contribution in [0, 0.1) is 18.3 Å². The molecule has 2 aromatic carbocycles. The topological polar surface area (TPSA) is 101 Å². The zero-order valence-electron chi connectivity index (χ0n) is 14.8. The van der Waals surface area contributed by atoms with Gasteiger partial charge in [-0.05, 0) is 31.2 Å². The van der Waals surface area contributed by atoms with E-state index < -0.39 is 11.5 Å². The third-order valence-electron chi connectivity index (χ3n) is 4.29. The second-order valence-corrected chi connectivity index (χ2v) is 6.21. The van der Waals surface area contributed by atoms with E-state index in [1.807, 2.05) is 37.3 Å². The molecule has 4 aromatic rings. The van der Waals surface area contributed by atoms with Gasteiger partial charge in [-0.25, -0.2) is 9.48 Å². The number of benzene rings is 2. The summed E-state index contributed by atoms with van der Waals surface area (Å²) in [5.74, 6) is -0.492. The number of nitrogens with zero attached hydrogens (tertiary/aromatic N) is 3. The van der Waals surface area contributed by atoms with Gasteiger partial charge in [0, 0.05) is 5.39 Å². The van der Waals surface area contributed by atoms with Gasteiger partial charge in [-0.1, -0.05) is 35.9 Å². The Morgan fingerprint density at radius 1 is 1.18 bits per heavy atom. The van der Waals surface area contributed by atoms with Gasteiger partial charge < -0.3 is 9.73 Å². The highest BCUT2D eigenvalue weighted by atomic mass is 16.4. The number of anilines is 1. The third-order valence-corrected chi connectivity index (χ3v) is 4.29. The molecule has 0 aliphatic heterocycles. The summed E-state index contributed by atoms with van der Waals surface area (Å²) in [6.45, 7) is 1.95. The van der Waals surface area contributed by atoms with E-state index >= 15 is 0 Å². The van der Waals surface area contributed by atoms with E-state index in [0.717, 1.165) is 5.56 Å². The van der Waals surface area contributed by atoms with Gasteiger partial charge in [-0.2, -0.15) is 10.4 Å². The Labute approximate surface area is 159 Å². The highest BCUT2D eigenvalue weighted by Crippen LogP contribution is 2.21. The number of carbonyl (C=O) groups is 1. The van der Waals surface area contributed by atoms with Gasteiger partial charge >= 0.3 is 5.63 Å². The van der Waals surface area contributed by atoms with Gasteiger partial charge in [0.25, 0.3) is 5.91 Å². The quantitative estimate of drug-likeness (QED) is 0.557. The lowest BCUT2D eigenvalue weighted by Gasteiger charge is -2.10. The van der Waals surface area contributed by atoms with Gasteiger partial charge in [0.05, 0.1) is 11.9 Å². The number of para-hydroxylation sites is 1. The molecule has 7 heteroatoms. The lowest BCUT2D eigenvalue weighted by Crippen LogP contribution is -2.22. The number of hydrogen-bond acceptors (Lipinski definition) is 5. The number of rotatable bonds is 3. The van der Waals surface area contributed by atoms with Crippen LogP contribution in [0.5, 0.6) is 0 Å². The summed E-state index contributed by atoms with van der Waals surface area (Å²) in [6, 6.07) is 17.8. The predicted molar refractivity (Wildman–Crippen MR) is 103 cm³/mol. The second kappa shape index (κ2) is 6.85. The summed E-state index contributed by atoms with van der Waals surface area (Å²) in [5.41, 5.74) is 1.41. The summed E-state index contributed by atoms with van der Waals surface area (Å²) in [7, 11) is 0. The fourth-order valence-corrected chi connectivity index (χ4v) is 2.83. The highest BCUT2D eigenvalue weighted by Gasteiger charge is 2.19. The third kappa shape index (κ3) is 3.04. The molecule has 136 valence electrons. The van der Waals surface area contributed by atoms with Crippen molar-refractivity contribution in [2.45, 2.75) is 6.92 Å². The molecule has 2 heterocycles. The number of fused-ring (bicyclic) bond motifs is 1. The lowest BCUT2D eigenvalue weighted by atomic mass is 10.2. The van der Waals surface area contributed by atoms with E-state index in [4.69, 9.17) is 4.42 Å². The van der Waals surface area contributed by atoms with Crippen LogP contribution >= 0.6 is 0 Å². The maximum absolute atomic E-state index is 12.8. The molecular formula is C21H14N4O3. The number of nitrogens with one attached hydrogen (secondary N) is 1. The van der Waals surface area contributed by atoms with E-state index in [1.54, 1.807) is 24.3 Å². The first kappa shape index (κ1) is 17.2. The summed E-state index contributed by atoms with van der Waals surface area (Å²) >= 11 is 0. The van der Waals surface area contributed by atoms with Crippen LogP contribution in [0.4, 0.5) is 5.82 Å². The minimum atomic E-state index is -0.754. The van der Waals surface area contributed by atoms with Crippen LogP contribution in [0.2, 0.25) is 0 Å². The first-order chi connectivity index (χ1) is 13.6. The van der Waals surface area contributed by atoms with Crippen molar-refractivity contribution in [3.05, 3.63) is 87.9 Å². The standard InChI is InChI=1S/C21H14N4O3/c1-13-6-8-16(9-7-13)25-19(15(11-22)12-23-25)24-20(26)17-10-14-4-2-3-5-18(14)28-21(17)27/h2-10,12H,1H3,(H,24,26). The largest absolute Gasteiger partial charge is 0.422 e. The van der Waals surface area contributed by atoms with Crippen molar-refractivity contribution in [3.8, 4) is 11.8 Å². The van der Waals surface area contributed by atoms with E-state index in [0.29, 0.717) is 16.7 Å². The molecule has 0 radical (unpaired) electrons. The van der Waals surface area contributed by atoms with Gasteiger partial charge in [-0.3, -0.25) is 4.79 Å². The normalized spacial score (nSPS) is 10.6. The first-order valence-corrected chi connectivity index (χ1v) is 8.46. The maximum Gasteiger partial charge on any atom is 0.349 e. The van der Waals surface area contributed by atoms with Gasteiger partial charge in [0.1, 0.15) is 22.8 Å². The number of amides is 1. The van der Waals surface area contributed by atoms with Crippen molar-refractivity contribution >= 4 is 22.7 Å². The fourth-order valence-electron chi connectivity index (χ4n) is 2.83. The molecule has 0 unspecified atom stereocenters. The molecule has 0 fully saturated rings. The number of nitriles is 1. The van der Waals surface area contributed by atoms with E-state index in [2.05, 4.69) is 10.4 Å². The Morgan fingerprint density at radius 2 is 1.93 bits per heavy atom. The van der Waals surface area contributed by atoms with Crippen molar-refractivity contribution in [2.24, 2.45) is 0 Å². The monoisotopic (exact) mass is 370 g/mol. The molecule has 0 aliphatic rings. The van der Waals surface area contributed by atoms with Crippen molar-refractivity contribution < 1.29 is 9.21 Å². The summed E-state index contributed by atoms with van der Waals surface area (Å²) < 4.78 is 6.66. The van der Waals surface area contributed by atoms with E-state index in [-0.39, 0.29) is 16.9 Å². The molecule has 1 amide bonds. The van der Waals surface area contributed by atoms with Crippen molar-refractivity contribution in [3.63, 3.8) is 0 Å². The molecular weight excluding hydrogens is 356 g/mol. The van der Waals surface area contributed by atoms with Gasteiger partial charge in [0.2, 0.25) is 0 Å². The molecule has 7 nitrogen and oxygen atoms in total. The average molecular weight is 370 g/mol. The fraction of sp³-hybridized carbons (Fsp3) is 0.0476. The molecule has 4 rings (SSSR count). The van der Waals surface area contributed by atoms with Crippen LogP contribution in [-0.2, 0) is 0 Å². The van der Waals surface area contributed by atoms with Gasteiger partial charge in [0.15, 0.2) is 5.82 Å². The highest BCUT2D eigenvalue weighted by molar-refractivity contribution is 6.05. The molecule has 0 aliphatic carbocycles. The van der Waals surface area contributed by atoms with Crippen LogP contribution in [0.1, 0.15) is 21.5 Å². The van der Waals surface area contributed by atoms with Crippen LogP contribution in [0.25, 0.3) is 16.7 Å². The van der Waals surface area contributed by atoms with Crippen LogP contribution < -0.4 is 10.9 Å². The molecule has 28 heavy (non-hydrogen) atoms. The number of aryl methyl sites for hydroxylation is 1. The first-order valence-electron chi connectivity index (χ1n) is 8.46. The maximum atomic E-state index is 12.8. The van der Waals surface area contributed by atoms with Crippen molar-refractivity contribution in [1.29, 1.82) is 5.26 Å². The smallest absolute Gasteiger partial charge is 0.349 e. The molecule has 0 spiro atoms. The van der Waals surface area contributed by atoms with Crippen molar-refractivity contribution in [1.82, 2.24) is 9.78 Å². The summed E-state index contributed by atoms with van der Waals surface area (Å²) in [5, 5.41) is 16.8. The Kier molecular flexibility index (Phi) is 4.22. The summed E-state index contributed by atoms with van der Waals surface area (Å²) in [4.78, 5) is 25.0. The Morgan fingerprint density at radius 3 is 2.68 bits per heavy atom. The number of carbonyl (C=O) groups excluding carboxylic acids is 1. The Balaban J connectivity index is 1.75. The molecule has 2 aromatic heterocycles. The van der Waals surface area contributed by atoms with Crippen LogP contribution in [0.15, 0.2) is 70.0 Å². The van der Waals surface area contributed by atoms with E-state index in [9.17, 15) is 14.9 Å². The molecule has 0 bridgehead atoms. The Hall–Kier alpha value is -4.18. The minimum Gasteiger partial charge on any atom is -0.422 e. The average Bonchev–Trinajstić information content (AvgIpc) is 3.10. The van der Waals surface area contributed by atoms with E-state index in [1.165, 1.54) is 16.9 Å². The zero-order chi connectivity index (χ0) is 19.7. The molecule has 0 saturated heterocycles. The van der Waals surface area contributed by atoms with Crippen LogP contribution in [-0.4, -0.2) is 15.7 Å². The Bertz CT molecular complexity index is 1290.